The summed E-state index contributed by atoms with van der Waals surface area (Å²) in [6.45, 7) is 5.85. The summed E-state index contributed by atoms with van der Waals surface area (Å²) in [5, 5.41) is 8.24. The van der Waals surface area contributed by atoms with Crippen molar-refractivity contribution in [2.45, 2.75) is 39.2 Å². The SMILES string of the molecule is CCn1nnc2cc(C(=O)N3CCC(C(=O)N4CCCC4)CC3)ccc21. The maximum Gasteiger partial charge on any atom is 0.253 e. The average molecular weight is 355 g/mol. The van der Waals surface area contributed by atoms with Gasteiger partial charge in [0.05, 0.1) is 5.52 Å². The molecular formula is C19H25N5O2. The van der Waals surface area contributed by atoms with Crippen molar-refractivity contribution in [2.24, 2.45) is 5.92 Å². The molecule has 138 valence electrons. The first kappa shape index (κ1) is 17.0. The predicted octanol–water partition coefficient (Wildman–Crippen LogP) is 1.93. The molecule has 4 rings (SSSR count). The van der Waals surface area contributed by atoms with E-state index < -0.39 is 0 Å². The molecule has 2 aliphatic heterocycles. The molecule has 26 heavy (non-hydrogen) atoms. The first-order chi connectivity index (χ1) is 12.7. The molecule has 3 heterocycles. The molecule has 0 saturated carbocycles. The van der Waals surface area contributed by atoms with Crippen LogP contribution in [-0.4, -0.2) is 62.8 Å². The number of nitrogens with zero attached hydrogens (tertiary/aromatic N) is 5. The molecule has 2 aromatic rings. The van der Waals surface area contributed by atoms with Gasteiger partial charge in [-0.15, -0.1) is 5.10 Å². The molecule has 7 nitrogen and oxygen atoms in total. The number of likely N-dealkylation sites (tertiary alicyclic amines) is 2. The van der Waals surface area contributed by atoms with E-state index in [1.54, 1.807) is 0 Å². The van der Waals surface area contributed by atoms with E-state index in [4.69, 9.17) is 0 Å². The number of aromatic nitrogens is 3. The summed E-state index contributed by atoms with van der Waals surface area (Å²) in [5.41, 5.74) is 2.33. The minimum absolute atomic E-state index is 0.0185. The van der Waals surface area contributed by atoms with E-state index in [2.05, 4.69) is 10.3 Å². The molecule has 2 fully saturated rings. The molecule has 0 unspecified atom stereocenters. The third kappa shape index (κ3) is 3.06. The summed E-state index contributed by atoms with van der Waals surface area (Å²) in [5.74, 6) is 0.376. The third-order valence-electron chi connectivity index (χ3n) is 5.61. The largest absolute Gasteiger partial charge is 0.342 e. The van der Waals surface area contributed by atoms with Crippen molar-refractivity contribution in [3.8, 4) is 0 Å². The van der Waals surface area contributed by atoms with Crippen LogP contribution in [0.4, 0.5) is 0 Å². The van der Waals surface area contributed by atoms with E-state index in [-0.39, 0.29) is 17.7 Å². The zero-order valence-corrected chi connectivity index (χ0v) is 15.2. The normalized spacial score (nSPS) is 18.7. The zero-order chi connectivity index (χ0) is 18.1. The molecule has 1 aromatic carbocycles. The standard InChI is InChI=1S/C19H25N5O2/c1-2-24-17-6-5-15(13-16(17)20-21-24)19(26)23-11-7-14(8-12-23)18(25)22-9-3-4-10-22/h5-6,13-14H,2-4,7-12H2,1H3. The number of rotatable bonds is 3. The van der Waals surface area contributed by atoms with Crippen molar-refractivity contribution in [1.29, 1.82) is 0 Å². The van der Waals surface area contributed by atoms with Crippen molar-refractivity contribution < 1.29 is 9.59 Å². The highest BCUT2D eigenvalue weighted by atomic mass is 16.2. The fourth-order valence-corrected chi connectivity index (χ4v) is 4.05. The Labute approximate surface area is 152 Å². The van der Waals surface area contributed by atoms with Gasteiger partial charge in [-0.2, -0.15) is 0 Å². The maximum atomic E-state index is 12.8. The number of amides is 2. The molecule has 7 heteroatoms. The Hall–Kier alpha value is -2.44. The monoisotopic (exact) mass is 355 g/mol. The van der Waals surface area contributed by atoms with Crippen molar-refractivity contribution >= 4 is 22.8 Å². The van der Waals surface area contributed by atoms with Crippen molar-refractivity contribution in [1.82, 2.24) is 24.8 Å². The van der Waals surface area contributed by atoms with E-state index in [0.29, 0.717) is 18.7 Å². The van der Waals surface area contributed by atoms with E-state index >= 15 is 0 Å². The summed E-state index contributed by atoms with van der Waals surface area (Å²) in [6.07, 6.45) is 3.76. The Morgan fingerprint density at radius 2 is 1.81 bits per heavy atom. The van der Waals surface area contributed by atoms with Gasteiger partial charge >= 0.3 is 0 Å². The van der Waals surface area contributed by atoms with E-state index in [0.717, 1.165) is 56.4 Å². The van der Waals surface area contributed by atoms with E-state index in [9.17, 15) is 9.59 Å². The number of aryl methyl sites for hydroxylation is 1. The zero-order valence-electron chi connectivity index (χ0n) is 15.2. The van der Waals surface area contributed by atoms with Crippen LogP contribution in [0.15, 0.2) is 18.2 Å². The first-order valence-corrected chi connectivity index (χ1v) is 9.58. The molecule has 2 amide bonds. The van der Waals surface area contributed by atoms with Crippen LogP contribution in [0, 0.1) is 5.92 Å². The van der Waals surface area contributed by atoms with Crippen molar-refractivity contribution in [3.63, 3.8) is 0 Å². The van der Waals surface area contributed by atoms with Crippen LogP contribution < -0.4 is 0 Å². The lowest BCUT2D eigenvalue weighted by atomic mass is 9.95. The molecule has 0 N–H and O–H groups in total. The fourth-order valence-electron chi connectivity index (χ4n) is 4.05. The Balaban J connectivity index is 1.41. The second-order valence-electron chi connectivity index (χ2n) is 7.21. The van der Waals surface area contributed by atoms with Crippen molar-refractivity contribution in [2.75, 3.05) is 26.2 Å². The highest BCUT2D eigenvalue weighted by Crippen LogP contribution is 2.24. The van der Waals surface area contributed by atoms with E-state index in [1.807, 2.05) is 39.6 Å². The van der Waals surface area contributed by atoms with E-state index in [1.165, 1.54) is 0 Å². The summed E-state index contributed by atoms with van der Waals surface area (Å²) in [6, 6.07) is 5.58. The van der Waals surface area contributed by atoms with Gasteiger partial charge in [0.15, 0.2) is 0 Å². The minimum Gasteiger partial charge on any atom is -0.342 e. The Morgan fingerprint density at radius 3 is 2.50 bits per heavy atom. The van der Waals surface area contributed by atoms with Crippen LogP contribution in [0.1, 0.15) is 43.0 Å². The van der Waals surface area contributed by atoms with Gasteiger partial charge in [-0.25, -0.2) is 4.68 Å². The van der Waals surface area contributed by atoms with Crippen LogP contribution in [0.25, 0.3) is 11.0 Å². The summed E-state index contributed by atoms with van der Waals surface area (Å²) in [4.78, 5) is 29.2. The van der Waals surface area contributed by atoms with Gasteiger partial charge < -0.3 is 9.80 Å². The second kappa shape index (κ2) is 7.05. The minimum atomic E-state index is 0.0185. The first-order valence-electron chi connectivity index (χ1n) is 9.58. The Bertz CT molecular complexity index is 816. The molecule has 2 aliphatic rings. The van der Waals surface area contributed by atoms with Crippen LogP contribution in [0.3, 0.4) is 0 Å². The Kier molecular flexibility index (Phi) is 4.61. The number of benzene rings is 1. The number of hydrogen-bond acceptors (Lipinski definition) is 4. The molecule has 0 radical (unpaired) electrons. The molecule has 0 atom stereocenters. The van der Waals surface area contributed by atoms with Gasteiger partial charge in [-0.1, -0.05) is 5.21 Å². The van der Waals surface area contributed by atoms with Gasteiger partial charge in [-0.05, 0) is 50.8 Å². The lowest BCUT2D eigenvalue weighted by molar-refractivity contribution is -0.135. The van der Waals surface area contributed by atoms with Gasteiger partial charge in [0.2, 0.25) is 5.91 Å². The molecule has 0 aliphatic carbocycles. The summed E-state index contributed by atoms with van der Waals surface area (Å²) < 4.78 is 1.82. The van der Waals surface area contributed by atoms with Crippen LogP contribution >= 0.6 is 0 Å². The number of carbonyl (C=O) groups excluding carboxylic acids is 2. The Morgan fingerprint density at radius 1 is 1.08 bits per heavy atom. The van der Waals surface area contributed by atoms with Crippen LogP contribution in [0.2, 0.25) is 0 Å². The molecule has 2 saturated heterocycles. The van der Waals surface area contributed by atoms with Crippen LogP contribution in [0.5, 0.6) is 0 Å². The van der Waals surface area contributed by atoms with Crippen molar-refractivity contribution in [3.05, 3.63) is 23.8 Å². The summed E-state index contributed by atoms with van der Waals surface area (Å²) >= 11 is 0. The van der Waals surface area contributed by atoms with Gasteiger partial charge in [0.25, 0.3) is 5.91 Å². The quantitative estimate of drug-likeness (QED) is 0.843. The second-order valence-corrected chi connectivity index (χ2v) is 7.21. The van der Waals surface area contributed by atoms with Gasteiger partial charge in [0, 0.05) is 44.2 Å². The lowest BCUT2D eigenvalue weighted by Crippen LogP contribution is -2.43. The van der Waals surface area contributed by atoms with Gasteiger partial charge in [0.1, 0.15) is 5.52 Å². The number of hydrogen-bond donors (Lipinski definition) is 0. The smallest absolute Gasteiger partial charge is 0.253 e. The third-order valence-corrected chi connectivity index (χ3v) is 5.61. The molecule has 0 spiro atoms. The number of carbonyl (C=O) groups is 2. The average Bonchev–Trinajstić information content (AvgIpc) is 3.36. The molecular weight excluding hydrogens is 330 g/mol. The number of piperidine rings is 1. The van der Waals surface area contributed by atoms with Gasteiger partial charge in [-0.3, -0.25) is 9.59 Å². The molecule has 0 bridgehead atoms. The lowest BCUT2D eigenvalue weighted by Gasteiger charge is -2.33. The highest BCUT2D eigenvalue weighted by molar-refractivity contribution is 5.97. The van der Waals surface area contributed by atoms with Crippen LogP contribution in [-0.2, 0) is 11.3 Å². The number of fused-ring (bicyclic) bond motifs is 1. The topological polar surface area (TPSA) is 71.3 Å². The predicted molar refractivity (Wildman–Crippen MR) is 97.6 cm³/mol. The molecule has 1 aromatic heterocycles. The summed E-state index contributed by atoms with van der Waals surface area (Å²) in [7, 11) is 0. The fraction of sp³-hybridized carbons (Fsp3) is 0.579. The maximum absolute atomic E-state index is 12.8. The highest BCUT2D eigenvalue weighted by Gasteiger charge is 2.31.